The molecule has 0 amide bonds. The fraction of sp³-hybridized carbons (Fsp3) is 0.125. The van der Waals surface area contributed by atoms with Crippen LogP contribution in [0.5, 0.6) is 0 Å². The summed E-state index contributed by atoms with van der Waals surface area (Å²) in [6, 6.07) is 18.4. The van der Waals surface area contributed by atoms with Crippen LogP contribution < -0.4 is 0 Å². The van der Waals surface area contributed by atoms with Crippen LogP contribution in [0.1, 0.15) is 16.7 Å². The van der Waals surface area contributed by atoms with Crippen molar-refractivity contribution in [2.45, 2.75) is 13.2 Å². The van der Waals surface area contributed by atoms with Crippen molar-refractivity contribution in [1.82, 2.24) is 0 Å². The van der Waals surface area contributed by atoms with Crippen molar-refractivity contribution in [3.05, 3.63) is 77.9 Å². The second kappa shape index (κ2) is 6.02. The van der Waals surface area contributed by atoms with Crippen LogP contribution in [0, 0.1) is 0 Å². The van der Waals surface area contributed by atoms with Crippen LogP contribution in [0.15, 0.2) is 61.2 Å². The molecule has 0 unspecified atom stereocenters. The maximum absolute atomic E-state index is 5.70. The number of benzene rings is 2. The molecule has 1 nitrogen and oxygen atoms in total. The van der Waals surface area contributed by atoms with Crippen molar-refractivity contribution >= 4 is 6.08 Å². The van der Waals surface area contributed by atoms with Crippen molar-refractivity contribution < 1.29 is 4.74 Å². The highest BCUT2D eigenvalue weighted by Gasteiger charge is 1.98. The minimum atomic E-state index is 0.622. The van der Waals surface area contributed by atoms with Gasteiger partial charge in [0.05, 0.1) is 13.2 Å². The van der Waals surface area contributed by atoms with Crippen molar-refractivity contribution in [2.24, 2.45) is 0 Å². The summed E-state index contributed by atoms with van der Waals surface area (Å²) < 4.78 is 5.70. The van der Waals surface area contributed by atoms with E-state index in [4.69, 9.17) is 4.74 Å². The first-order valence-electron chi connectivity index (χ1n) is 5.72. The van der Waals surface area contributed by atoms with E-state index in [9.17, 15) is 0 Å². The van der Waals surface area contributed by atoms with Gasteiger partial charge >= 0.3 is 0 Å². The molecule has 0 radical (unpaired) electrons. The highest BCUT2D eigenvalue weighted by atomic mass is 16.5. The maximum atomic E-state index is 5.70. The smallest absolute Gasteiger partial charge is 0.0727 e. The highest BCUT2D eigenvalue weighted by molar-refractivity contribution is 5.51. The summed E-state index contributed by atoms with van der Waals surface area (Å²) in [5, 5.41) is 0. The normalized spacial score (nSPS) is 10.1. The van der Waals surface area contributed by atoms with Crippen molar-refractivity contribution in [1.29, 1.82) is 0 Å². The minimum Gasteiger partial charge on any atom is -0.372 e. The molecule has 0 saturated heterocycles. The average Bonchev–Trinajstić information content (AvgIpc) is 2.40. The Morgan fingerprint density at radius 1 is 0.882 bits per heavy atom. The molecular weight excluding hydrogens is 208 g/mol. The Labute approximate surface area is 102 Å². The van der Waals surface area contributed by atoms with Gasteiger partial charge in [-0.15, -0.1) is 0 Å². The van der Waals surface area contributed by atoms with E-state index in [0.717, 1.165) is 5.56 Å². The summed E-state index contributed by atoms with van der Waals surface area (Å²) in [5.74, 6) is 0. The molecule has 0 aliphatic rings. The van der Waals surface area contributed by atoms with Gasteiger partial charge in [0.25, 0.3) is 0 Å². The van der Waals surface area contributed by atoms with Crippen molar-refractivity contribution in [3.8, 4) is 0 Å². The first-order chi connectivity index (χ1) is 8.40. The van der Waals surface area contributed by atoms with Gasteiger partial charge in [0.15, 0.2) is 0 Å². The average molecular weight is 224 g/mol. The lowest BCUT2D eigenvalue weighted by molar-refractivity contribution is 0.107. The minimum absolute atomic E-state index is 0.622. The van der Waals surface area contributed by atoms with E-state index < -0.39 is 0 Å². The Bertz CT molecular complexity index is 474. The standard InChI is InChI=1S/C16H16O/c1-2-15-10-6-7-11-16(15)13-17-12-14-8-4-3-5-9-14/h2-11H,1,12-13H2. The molecule has 1 heteroatoms. The molecule has 0 spiro atoms. The summed E-state index contributed by atoms with van der Waals surface area (Å²) in [7, 11) is 0. The summed E-state index contributed by atoms with van der Waals surface area (Å²) in [6.07, 6.45) is 1.86. The van der Waals surface area contributed by atoms with E-state index in [1.807, 2.05) is 42.5 Å². The maximum Gasteiger partial charge on any atom is 0.0727 e. The monoisotopic (exact) mass is 224 g/mol. The summed E-state index contributed by atoms with van der Waals surface area (Å²) >= 11 is 0. The second-order valence-electron chi connectivity index (χ2n) is 3.88. The van der Waals surface area contributed by atoms with Crippen LogP contribution in [0.4, 0.5) is 0 Å². The summed E-state index contributed by atoms with van der Waals surface area (Å²) in [6.45, 7) is 5.07. The van der Waals surface area contributed by atoms with Crippen LogP contribution in [0.3, 0.4) is 0 Å². The molecule has 0 aliphatic heterocycles. The number of rotatable bonds is 5. The quantitative estimate of drug-likeness (QED) is 0.744. The first-order valence-corrected chi connectivity index (χ1v) is 5.72. The van der Waals surface area contributed by atoms with Crippen LogP contribution in [0.2, 0.25) is 0 Å². The Hall–Kier alpha value is -1.86. The van der Waals surface area contributed by atoms with Gasteiger partial charge in [-0.1, -0.05) is 67.3 Å². The molecule has 0 saturated carbocycles. The first kappa shape index (κ1) is 11.6. The van der Waals surface area contributed by atoms with Gasteiger partial charge in [0, 0.05) is 0 Å². The molecule has 2 aromatic rings. The fourth-order valence-electron chi connectivity index (χ4n) is 1.72. The predicted octanol–water partition coefficient (Wildman–Crippen LogP) is 4.05. The molecule has 17 heavy (non-hydrogen) atoms. The number of ether oxygens (including phenoxy) is 1. The van der Waals surface area contributed by atoms with Gasteiger partial charge in [-0.3, -0.25) is 0 Å². The molecule has 2 aromatic carbocycles. The zero-order chi connectivity index (χ0) is 11.9. The van der Waals surface area contributed by atoms with E-state index >= 15 is 0 Å². The van der Waals surface area contributed by atoms with Gasteiger partial charge in [0.1, 0.15) is 0 Å². The van der Waals surface area contributed by atoms with Crippen LogP contribution >= 0.6 is 0 Å². The number of hydrogen-bond donors (Lipinski definition) is 0. The fourth-order valence-corrected chi connectivity index (χ4v) is 1.72. The molecule has 0 fully saturated rings. The SMILES string of the molecule is C=Cc1ccccc1COCc1ccccc1. The van der Waals surface area contributed by atoms with Gasteiger partial charge in [-0.2, -0.15) is 0 Å². The predicted molar refractivity (Wildman–Crippen MR) is 71.5 cm³/mol. The Morgan fingerprint density at radius 3 is 2.35 bits per heavy atom. The van der Waals surface area contributed by atoms with Gasteiger partial charge < -0.3 is 4.74 Å². The van der Waals surface area contributed by atoms with Gasteiger partial charge in [-0.25, -0.2) is 0 Å². The van der Waals surface area contributed by atoms with Crippen molar-refractivity contribution in [3.63, 3.8) is 0 Å². The molecular formula is C16H16O. The third-order valence-corrected chi connectivity index (χ3v) is 2.64. The molecule has 0 bridgehead atoms. The Morgan fingerprint density at radius 2 is 1.59 bits per heavy atom. The topological polar surface area (TPSA) is 9.23 Å². The number of hydrogen-bond acceptors (Lipinski definition) is 1. The summed E-state index contributed by atoms with van der Waals surface area (Å²) in [4.78, 5) is 0. The molecule has 0 atom stereocenters. The lowest BCUT2D eigenvalue weighted by atomic mass is 10.1. The zero-order valence-corrected chi connectivity index (χ0v) is 9.80. The van der Waals surface area contributed by atoms with E-state index in [1.165, 1.54) is 11.1 Å². The van der Waals surface area contributed by atoms with Gasteiger partial charge in [0.2, 0.25) is 0 Å². The van der Waals surface area contributed by atoms with E-state index in [2.05, 4.69) is 24.8 Å². The lowest BCUT2D eigenvalue weighted by Crippen LogP contribution is -1.95. The third-order valence-electron chi connectivity index (χ3n) is 2.64. The van der Waals surface area contributed by atoms with E-state index in [1.54, 1.807) is 0 Å². The van der Waals surface area contributed by atoms with Crippen molar-refractivity contribution in [2.75, 3.05) is 0 Å². The van der Waals surface area contributed by atoms with E-state index in [-0.39, 0.29) is 0 Å². The Kier molecular flexibility index (Phi) is 4.11. The zero-order valence-electron chi connectivity index (χ0n) is 9.80. The largest absolute Gasteiger partial charge is 0.372 e. The Balaban J connectivity index is 1.92. The highest BCUT2D eigenvalue weighted by Crippen LogP contribution is 2.12. The van der Waals surface area contributed by atoms with Crippen LogP contribution in [-0.4, -0.2) is 0 Å². The molecule has 0 aromatic heterocycles. The molecule has 0 N–H and O–H groups in total. The second-order valence-corrected chi connectivity index (χ2v) is 3.88. The molecule has 2 rings (SSSR count). The molecule has 86 valence electrons. The molecule has 0 heterocycles. The van der Waals surface area contributed by atoms with Crippen LogP contribution in [0.25, 0.3) is 6.08 Å². The third kappa shape index (κ3) is 3.30. The van der Waals surface area contributed by atoms with E-state index in [0.29, 0.717) is 13.2 Å². The van der Waals surface area contributed by atoms with Crippen LogP contribution in [-0.2, 0) is 18.0 Å². The lowest BCUT2D eigenvalue weighted by Gasteiger charge is -2.07. The summed E-state index contributed by atoms with van der Waals surface area (Å²) in [5.41, 5.74) is 3.52. The molecule has 0 aliphatic carbocycles. The van der Waals surface area contributed by atoms with Gasteiger partial charge in [-0.05, 0) is 16.7 Å².